The van der Waals surface area contributed by atoms with Gasteiger partial charge in [-0.15, -0.1) is 5.10 Å². The minimum absolute atomic E-state index is 0.412. The lowest BCUT2D eigenvalue weighted by molar-refractivity contribution is -0.141. The van der Waals surface area contributed by atoms with E-state index in [0.717, 1.165) is 39.9 Å². The highest BCUT2D eigenvalue weighted by atomic mass is 35.5. The molecule has 0 aliphatic carbocycles. The Morgan fingerprint density at radius 3 is 2.77 bits per heavy atom. The number of aryl methyl sites for hydroxylation is 2. The quantitative estimate of drug-likeness (QED) is 0.311. The molecule has 2 unspecified atom stereocenters. The summed E-state index contributed by atoms with van der Waals surface area (Å²) in [7, 11) is 0. The first kappa shape index (κ1) is 27.1. The van der Waals surface area contributed by atoms with Crippen molar-refractivity contribution in [2.75, 3.05) is 6.54 Å². The summed E-state index contributed by atoms with van der Waals surface area (Å²) < 4.78 is 8.02. The van der Waals surface area contributed by atoms with Gasteiger partial charge in [0.15, 0.2) is 0 Å². The first-order chi connectivity index (χ1) is 18.6. The van der Waals surface area contributed by atoms with Gasteiger partial charge in [-0.2, -0.15) is 0 Å². The van der Waals surface area contributed by atoms with Crippen LogP contribution in [0.25, 0.3) is 11.0 Å². The molecule has 39 heavy (non-hydrogen) atoms. The summed E-state index contributed by atoms with van der Waals surface area (Å²) in [5.74, 6) is -1.37. The fraction of sp³-hybridized carbons (Fsp3) is 0.400. The molecule has 0 radical (unpaired) electrons. The van der Waals surface area contributed by atoms with Gasteiger partial charge in [0.05, 0.1) is 16.5 Å². The van der Waals surface area contributed by atoms with Gasteiger partial charge in [-0.25, -0.2) is 9.67 Å². The normalized spacial score (nSPS) is 16.8. The second-order valence-corrected chi connectivity index (χ2v) is 11.4. The van der Waals surface area contributed by atoms with Crippen molar-refractivity contribution in [3.8, 4) is 5.88 Å². The molecule has 1 aliphatic heterocycles. The number of benzene rings is 2. The van der Waals surface area contributed by atoms with Crippen molar-refractivity contribution in [1.82, 2.24) is 24.9 Å². The number of ether oxygens (including phenoxy) is 1. The summed E-state index contributed by atoms with van der Waals surface area (Å²) in [6.45, 7) is 12.7. The van der Waals surface area contributed by atoms with Crippen molar-refractivity contribution in [1.29, 1.82) is 0 Å². The minimum atomic E-state index is -0.883. The molecule has 3 heterocycles. The molecule has 1 N–H and O–H groups in total. The van der Waals surface area contributed by atoms with Crippen LogP contribution in [-0.4, -0.2) is 48.1 Å². The Kier molecular flexibility index (Phi) is 7.35. The number of pyridine rings is 1. The second kappa shape index (κ2) is 10.6. The fourth-order valence-electron chi connectivity index (χ4n) is 5.55. The minimum Gasteiger partial charge on any atom is -0.481 e. The standard InChI is InChI=1S/C30H34ClN5O3/c1-6-36-24-12-11-23(26(31)27(24)33-34-36)25(19(3)29(37)38)20-10-9-18(2)22(14-20)16-35-15-21-8-7-13-32-28(21)39-30(4,5)17-35/h7-14,19,25H,6,15-17H2,1-5H3,(H,37,38). The van der Waals surface area contributed by atoms with Gasteiger partial charge < -0.3 is 9.84 Å². The number of carboxylic acid groups (broad SMARTS) is 1. The molecule has 9 heteroatoms. The zero-order valence-electron chi connectivity index (χ0n) is 23.0. The molecule has 0 spiro atoms. The first-order valence-electron chi connectivity index (χ1n) is 13.3. The van der Waals surface area contributed by atoms with Crippen molar-refractivity contribution in [3.05, 3.63) is 81.5 Å². The highest BCUT2D eigenvalue weighted by Crippen LogP contribution is 2.40. The molecule has 204 valence electrons. The van der Waals surface area contributed by atoms with E-state index in [-0.39, 0.29) is 0 Å². The Morgan fingerprint density at radius 2 is 2.03 bits per heavy atom. The van der Waals surface area contributed by atoms with E-state index in [2.05, 4.69) is 59.2 Å². The van der Waals surface area contributed by atoms with Gasteiger partial charge >= 0.3 is 5.97 Å². The Labute approximate surface area is 233 Å². The van der Waals surface area contributed by atoms with E-state index in [4.69, 9.17) is 16.3 Å². The lowest BCUT2D eigenvalue weighted by atomic mass is 9.80. The highest BCUT2D eigenvalue weighted by Gasteiger charge is 2.32. The lowest BCUT2D eigenvalue weighted by Gasteiger charge is -2.30. The van der Waals surface area contributed by atoms with Crippen LogP contribution in [0.3, 0.4) is 0 Å². The molecule has 0 fully saturated rings. The predicted octanol–water partition coefficient (Wildman–Crippen LogP) is 5.83. The molecule has 0 amide bonds. The van der Waals surface area contributed by atoms with Gasteiger partial charge in [0.1, 0.15) is 11.1 Å². The fourth-order valence-corrected chi connectivity index (χ4v) is 5.86. The maximum atomic E-state index is 12.3. The van der Waals surface area contributed by atoms with Crippen molar-refractivity contribution in [2.24, 2.45) is 5.92 Å². The zero-order chi connectivity index (χ0) is 27.9. The molecule has 0 bridgehead atoms. The molecule has 1 aliphatic rings. The SMILES string of the molecule is CCn1nnc2c(Cl)c(C(c3ccc(C)c(CN4Cc5cccnc5OC(C)(C)C4)c3)C(C)C(=O)O)ccc21. The number of carboxylic acids is 1. The van der Waals surface area contributed by atoms with Gasteiger partial charge in [0.2, 0.25) is 5.88 Å². The van der Waals surface area contributed by atoms with Crippen LogP contribution in [0.4, 0.5) is 0 Å². The van der Waals surface area contributed by atoms with Gasteiger partial charge in [-0.3, -0.25) is 9.69 Å². The molecule has 2 atom stereocenters. The van der Waals surface area contributed by atoms with Crippen molar-refractivity contribution < 1.29 is 14.6 Å². The van der Waals surface area contributed by atoms with Crippen LogP contribution >= 0.6 is 11.6 Å². The maximum absolute atomic E-state index is 12.3. The topological polar surface area (TPSA) is 93.4 Å². The Balaban J connectivity index is 1.54. The molecular weight excluding hydrogens is 514 g/mol. The third-order valence-electron chi connectivity index (χ3n) is 7.53. The summed E-state index contributed by atoms with van der Waals surface area (Å²) in [4.78, 5) is 19.1. The number of hydrogen-bond donors (Lipinski definition) is 1. The number of hydrogen-bond acceptors (Lipinski definition) is 6. The van der Waals surface area contributed by atoms with E-state index in [1.54, 1.807) is 17.8 Å². The summed E-state index contributed by atoms with van der Waals surface area (Å²) in [6.07, 6.45) is 1.76. The van der Waals surface area contributed by atoms with Gasteiger partial charge in [-0.05, 0) is 62.1 Å². The lowest BCUT2D eigenvalue weighted by Crippen LogP contribution is -2.40. The smallest absolute Gasteiger partial charge is 0.307 e. The molecule has 5 rings (SSSR count). The van der Waals surface area contributed by atoms with E-state index in [1.165, 1.54) is 0 Å². The molecule has 0 saturated heterocycles. The van der Waals surface area contributed by atoms with Gasteiger partial charge in [0.25, 0.3) is 0 Å². The maximum Gasteiger partial charge on any atom is 0.307 e. The van der Waals surface area contributed by atoms with Gasteiger partial charge in [-0.1, -0.05) is 54.1 Å². The third kappa shape index (κ3) is 5.36. The monoisotopic (exact) mass is 547 g/mol. The average molecular weight is 548 g/mol. The Hall–Kier alpha value is -3.49. The van der Waals surface area contributed by atoms with E-state index in [9.17, 15) is 9.90 Å². The van der Waals surface area contributed by atoms with Crippen molar-refractivity contribution >= 4 is 28.6 Å². The molecule has 8 nitrogen and oxygen atoms in total. The molecular formula is C30H34ClN5O3. The largest absolute Gasteiger partial charge is 0.481 e. The van der Waals surface area contributed by atoms with Crippen LogP contribution in [0.5, 0.6) is 5.88 Å². The Morgan fingerprint density at radius 1 is 1.23 bits per heavy atom. The Bertz CT molecular complexity index is 1530. The summed E-state index contributed by atoms with van der Waals surface area (Å²) in [6, 6.07) is 14.1. The van der Waals surface area contributed by atoms with Crippen LogP contribution in [0.1, 0.15) is 61.4 Å². The van der Waals surface area contributed by atoms with E-state index in [1.807, 2.05) is 31.2 Å². The number of halogens is 1. The van der Waals surface area contributed by atoms with Crippen LogP contribution in [-0.2, 0) is 24.4 Å². The number of fused-ring (bicyclic) bond motifs is 2. The van der Waals surface area contributed by atoms with Crippen LogP contribution < -0.4 is 4.74 Å². The second-order valence-electron chi connectivity index (χ2n) is 11.0. The number of aliphatic carboxylic acids is 1. The summed E-state index contributed by atoms with van der Waals surface area (Å²) in [5.41, 5.74) is 5.97. The third-order valence-corrected chi connectivity index (χ3v) is 7.92. The highest BCUT2D eigenvalue weighted by molar-refractivity contribution is 6.35. The van der Waals surface area contributed by atoms with Crippen molar-refractivity contribution in [3.63, 3.8) is 0 Å². The van der Waals surface area contributed by atoms with Crippen molar-refractivity contribution in [2.45, 2.75) is 65.8 Å². The van der Waals surface area contributed by atoms with Crippen LogP contribution in [0.2, 0.25) is 5.02 Å². The number of aromatic nitrogens is 4. The van der Waals surface area contributed by atoms with E-state index >= 15 is 0 Å². The zero-order valence-corrected chi connectivity index (χ0v) is 23.7. The molecule has 4 aromatic rings. The van der Waals surface area contributed by atoms with Gasteiger partial charge in [0, 0.05) is 43.9 Å². The molecule has 0 saturated carbocycles. The van der Waals surface area contributed by atoms with Crippen LogP contribution in [0.15, 0.2) is 48.7 Å². The molecule has 2 aromatic heterocycles. The summed E-state index contributed by atoms with van der Waals surface area (Å²) in [5, 5.41) is 19.0. The number of rotatable bonds is 7. The first-order valence-corrected chi connectivity index (χ1v) is 13.6. The summed E-state index contributed by atoms with van der Waals surface area (Å²) >= 11 is 6.89. The number of carbonyl (C=O) groups is 1. The molecule has 2 aromatic carbocycles. The van der Waals surface area contributed by atoms with E-state index < -0.39 is 23.4 Å². The van der Waals surface area contributed by atoms with E-state index in [0.29, 0.717) is 36.1 Å². The van der Waals surface area contributed by atoms with Crippen LogP contribution in [0, 0.1) is 12.8 Å². The average Bonchev–Trinajstić information content (AvgIpc) is 3.26. The predicted molar refractivity (Wildman–Crippen MR) is 151 cm³/mol. The number of nitrogens with zero attached hydrogens (tertiary/aromatic N) is 5.